The van der Waals surface area contributed by atoms with Crippen LogP contribution in [-0.4, -0.2) is 19.0 Å². The third-order valence-electron chi connectivity index (χ3n) is 3.89. The zero-order chi connectivity index (χ0) is 12.7. The maximum Gasteiger partial charge on any atom is 0.227 e. The van der Waals surface area contributed by atoms with Gasteiger partial charge in [0.05, 0.1) is 5.41 Å². The number of carbonyl (C=O) groups excluding carboxylic acids is 1. The summed E-state index contributed by atoms with van der Waals surface area (Å²) < 4.78 is 0. The van der Waals surface area contributed by atoms with Crippen molar-refractivity contribution in [2.24, 2.45) is 17.1 Å². The van der Waals surface area contributed by atoms with E-state index in [0.29, 0.717) is 19.5 Å². The van der Waals surface area contributed by atoms with Gasteiger partial charge in [-0.1, -0.05) is 6.92 Å². The van der Waals surface area contributed by atoms with Crippen LogP contribution in [0.4, 0.5) is 0 Å². The van der Waals surface area contributed by atoms with Crippen molar-refractivity contribution < 1.29 is 4.79 Å². The Balaban J connectivity index is 2.44. The van der Waals surface area contributed by atoms with Crippen molar-refractivity contribution in [2.45, 2.75) is 45.4 Å². The first kappa shape index (κ1) is 14.1. The molecule has 1 amide bonds. The molecule has 0 aromatic carbocycles. The molecule has 0 bridgehead atoms. The Morgan fingerprint density at radius 2 is 2.18 bits per heavy atom. The molecule has 0 aromatic heterocycles. The minimum Gasteiger partial charge on any atom is -0.356 e. The van der Waals surface area contributed by atoms with Crippen molar-refractivity contribution in [1.82, 2.24) is 5.32 Å². The van der Waals surface area contributed by atoms with Gasteiger partial charge in [-0.3, -0.25) is 4.79 Å². The van der Waals surface area contributed by atoms with Crippen molar-refractivity contribution in [3.63, 3.8) is 0 Å². The Morgan fingerprint density at radius 1 is 1.53 bits per heavy atom. The molecular formula is C14H24N2O. The molecule has 0 heterocycles. The highest BCUT2D eigenvalue weighted by Crippen LogP contribution is 2.38. The molecule has 17 heavy (non-hydrogen) atoms. The number of nitrogens with two attached hydrogens (primary N) is 1. The molecular weight excluding hydrogens is 212 g/mol. The lowest BCUT2D eigenvalue weighted by Crippen LogP contribution is -2.48. The summed E-state index contributed by atoms with van der Waals surface area (Å²) in [5, 5.41) is 2.98. The average Bonchev–Trinajstić information content (AvgIpc) is 2.36. The van der Waals surface area contributed by atoms with Crippen LogP contribution in [0.5, 0.6) is 0 Å². The zero-order valence-corrected chi connectivity index (χ0v) is 10.8. The van der Waals surface area contributed by atoms with Crippen molar-refractivity contribution in [2.75, 3.05) is 13.1 Å². The third-order valence-corrected chi connectivity index (χ3v) is 3.89. The largest absolute Gasteiger partial charge is 0.356 e. The predicted molar refractivity (Wildman–Crippen MR) is 70.2 cm³/mol. The molecule has 0 spiro atoms. The minimum absolute atomic E-state index is 0.129. The molecule has 0 unspecified atom stereocenters. The quantitative estimate of drug-likeness (QED) is 0.563. The summed E-state index contributed by atoms with van der Waals surface area (Å²) in [5.74, 6) is 3.43. The van der Waals surface area contributed by atoms with Crippen LogP contribution in [0, 0.1) is 23.7 Å². The standard InChI is InChI=1S/C14H24N2O/c1-3-4-5-10-16-13(17)14(11-15)8-6-12(2)7-9-14/h1,12H,4-11,15H2,2H3,(H,16,17). The number of nitrogens with one attached hydrogen (secondary N) is 1. The smallest absolute Gasteiger partial charge is 0.227 e. The first-order valence-electron chi connectivity index (χ1n) is 6.56. The van der Waals surface area contributed by atoms with Crippen LogP contribution in [0.15, 0.2) is 0 Å². The van der Waals surface area contributed by atoms with Gasteiger partial charge in [0.2, 0.25) is 5.91 Å². The number of unbranched alkanes of at least 4 members (excludes halogenated alkanes) is 1. The number of hydrogen-bond donors (Lipinski definition) is 2. The molecule has 3 nitrogen and oxygen atoms in total. The van der Waals surface area contributed by atoms with E-state index < -0.39 is 0 Å². The third kappa shape index (κ3) is 3.74. The first-order valence-corrected chi connectivity index (χ1v) is 6.56. The van der Waals surface area contributed by atoms with Gasteiger partial charge < -0.3 is 11.1 Å². The van der Waals surface area contributed by atoms with E-state index in [0.717, 1.165) is 38.0 Å². The Kier molecular flexibility index (Phi) is 5.50. The zero-order valence-electron chi connectivity index (χ0n) is 10.8. The topological polar surface area (TPSA) is 55.1 Å². The molecule has 3 heteroatoms. The van der Waals surface area contributed by atoms with Crippen molar-refractivity contribution in [3.05, 3.63) is 0 Å². The van der Waals surface area contributed by atoms with Gasteiger partial charge in [0.15, 0.2) is 0 Å². The van der Waals surface area contributed by atoms with Crippen molar-refractivity contribution in [1.29, 1.82) is 0 Å². The van der Waals surface area contributed by atoms with Gasteiger partial charge in [0.25, 0.3) is 0 Å². The van der Waals surface area contributed by atoms with Gasteiger partial charge >= 0.3 is 0 Å². The fourth-order valence-electron chi connectivity index (χ4n) is 2.42. The molecule has 0 aliphatic heterocycles. The van der Waals surface area contributed by atoms with Crippen LogP contribution in [0.2, 0.25) is 0 Å². The van der Waals surface area contributed by atoms with Crippen LogP contribution in [0.25, 0.3) is 0 Å². The fourth-order valence-corrected chi connectivity index (χ4v) is 2.42. The van der Waals surface area contributed by atoms with Crippen LogP contribution < -0.4 is 11.1 Å². The van der Waals surface area contributed by atoms with Gasteiger partial charge in [-0.2, -0.15) is 0 Å². The minimum atomic E-state index is -0.317. The second-order valence-corrected chi connectivity index (χ2v) is 5.23. The summed E-state index contributed by atoms with van der Waals surface area (Å²) in [6.07, 6.45) is 10.8. The second kappa shape index (κ2) is 6.66. The molecule has 3 N–H and O–H groups in total. The van der Waals surface area contributed by atoms with Crippen molar-refractivity contribution in [3.8, 4) is 12.3 Å². The summed E-state index contributed by atoms with van der Waals surface area (Å²) in [4.78, 5) is 12.2. The molecule has 1 rings (SSSR count). The van der Waals surface area contributed by atoms with Crippen molar-refractivity contribution >= 4 is 5.91 Å². The highest BCUT2D eigenvalue weighted by molar-refractivity contribution is 5.83. The van der Waals surface area contributed by atoms with Gasteiger partial charge in [0, 0.05) is 19.5 Å². The Hall–Kier alpha value is -1.01. The molecule has 0 radical (unpaired) electrons. The number of terminal acetylenes is 1. The number of rotatable bonds is 5. The van der Waals surface area contributed by atoms with Crippen LogP contribution in [-0.2, 0) is 4.79 Å². The van der Waals surface area contributed by atoms with E-state index in [-0.39, 0.29) is 11.3 Å². The highest BCUT2D eigenvalue weighted by Gasteiger charge is 2.39. The molecule has 1 aliphatic carbocycles. The maximum absolute atomic E-state index is 12.2. The van der Waals surface area contributed by atoms with E-state index in [4.69, 9.17) is 12.2 Å². The molecule has 1 fully saturated rings. The number of hydrogen-bond acceptors (Lipinski definition) is 2. The maximum atomic E-state index is 12.2. The number of amides is 1. The predicted octanol–water partition coefficient (Wildman–Crippen LogP) is 1.67. The second-order valence-electron chi connectivity index (χ2n) is 5.23. The first-order chi connectivity index (χ1) is 8.14. The SMILES string of the molecule is C#CCCCNC(=O)C1(CN)CCC(C)CC1. The van der Waals surface area contributed by atoms with Crippen LogP contribution in [0.1, 0.15) is 45.4 Å². The Morgan fingerprint density at radius 3 is 2.71 bits per heavy atom. The van der Waals surface area contributed by atoms with Gasteiger partial charge in [-0.15, -0.1) is 12.3 Å². The summed E-state index contributed by atoms with van der Waals surface area (Å²) in [5.41, 5.74) is 5.51. The van der Waals surface area contributed by atoms with Crippen LogP contribution >= 0.6 is 0 Å². The molecule has 96 valence electrons. The van der Waals surface area contributed by atoms with Gasteiger partial charge in [-0.05, 0) is 38.0 Å². The summed E-state index contributed by atoms with van der Waals surface area (Å²) in [6, 6.07) is 0. The van der Waals surface area contributed by atoms with Gasteiger partial charge in [-0.25, -0.2) is 0 Å². The van der Waals surface area contributed by atoms with Gasteiger partial charge in [0.1, 0.15) is 0 Å². The molecule has 0 saturated heterocycles. The Bertz CT molecular complexity index is 285. The van der Waals surface area contributed by atoms with E-state index in [9.17, 15) is 4.79 Å². The molecule has 0 aromatic rings. The van der Waals surface area contributed by atoms with E-state index in [1.54, 1.807) is 0 Å². The summed E-state index contributed by atoms with van der Waals surface area (Å²) >= 11 is 0. The lowest BCUT2D eigenvalue weighted by atomic mass is 9.70. The monoisotopic (exact) mass is 236 g/mol. The van der Waals surface area contributed by atoms with E-state index >= 15 is 0 Å². The number of carbonyl (C=O) groups is 1. The van der Waals surface area contributed by atoms with E-state index in [2.05, 4.69) is 18.2 Å². The summed E-state index contributed by atoms with van der Waals surface area (Å²) in [6.45, 7) is 3.37. The summed E-state index contributed by atoms with van der Waals surface area (Å²) in [7, 11) is 0. The Labute approximate surface area is 105 Å². The van der Waals surface area contributed by atoms with Crippen LogP contribution in [0.3, 0.4) is 0 Å². The lowest BCUT2D eigenvalue weighted by molar-refractivity contribution is -0.132. The highest BCUT2D eigenvalue weighted by atomic mass is 16.2. The normalized spacial score (nSPS) is 28.4. The lowest BCUT2D eigenvalue weighted by Gasteiger charge is -2.37. The van der Waals surface area contributed by atoms with E-state index in [1.807, 2.05) is 0 Å². The fraction of sp³-hybridized carbons (Fsp3) is 0.786. The molecule has 1 saturated carbocycles. The van der Waals surface area contributed by atoms with E-state index in [1.165, 1.54) is 0 Å². The average molecular weight is 236 g/mol. The molecule has 0 atom stereocenters. The molecule has 1 aliphatic rings.